The van der Waals surface area contributed by atoms with Crippen LogP contribution in [0.2, 0.25) is 5.02 Å². The molecule has 0 N–H and O–H groups in total. The lowest BCUT2D eigenvalue weighted by atomic mass is 10.3. The largest absolute Gasteiger partial charge is 0.292 e. The van der Waals surface area contributed by atoms with E-state index in [4.69, 9.17) is 22.3 Å². The molecule has 0 unspecified atom stereocenters. The van der Waals surface area contributed by atoms with Crippen LogP contribution in [0.15, 0.2) is 17.0 Å². The molecular formula is C6H2Cl2FNO4S. The fourth-order valence-corrected chi connectivity index (χ4v) is 2.10. The summed E-state index contributed by atoms with van der Waals surface area (Å²) in [5.41, 5.74) is -0.952. The Morgan fingerprint density at radius 2 is 1.93 bits per heavy atom. The molecule has 0 aromatic heterocycles. The van der Waals surface area contributed by atoms with Crippen molar-refractivity contribution in [3.63, 3.8) is 0 Å². The van der Waals surface area contributed by atoms with E-state index in [-0.39, 0.29) is 0 Å². The van der Waals surface area contributed by atoms with E-state index < -0.39 is 35.4 Å². The number of nitro groups is 1. The monoisotopic (exact) mass is 273 g/mol. The van der Waals surface area contributed by atoms with E-state index >= 15 is 0 Å². The zero-order valence-corrected chi connectivity index (χ0v) is 9.11. The molecule has 0 atom stereocenters. The number of hydrogen-bond donors (Lipinski definition) is 0. The van der Waals surface area contributed by atoms with Crippen molar-refractivity contribution >= 4 is 37.0 Å². The number of rotatable bonds is 2. The molecule has 1 aromatic carbocycles. The van der Waals surface area contributed by atoms with E-state index in [1.165, 1.54) is 0 Å². The number of nitro benzene ring substituents is 1. The first-order chi connectivity index (χ1) is 6.73. The minimum absolute atomic E-state index is 0.400. The number of hydrogen-bond acceptors (Lipinski definition) is 4. The van der Waals surface area contributed by atoms with Gasteiger partial charge in [-0.3, -0.25) is 10.1 Å². The standard InChI is InChI=1S/C6H2Cl2FNO4S/c7-3-1-6(15(8,13)14)5(10(11)12)2-4(3)9/h1-2H. The summed E-state index contributed by atoms with van der Waals surface area (Å²) < 4.78 is 34.6. The van der Waals surface area contributed by atoms with Gasteiger partial charge in [0.2, 0.25) is 0 Å². The lowest BCUT2D eigenvalue weighted by Gasteiger charge is -2.00. The van der Waals surface area contributed by atoms with Crippen LogP contribution >= 0.6 is 22.3 Å². The summed E-state index contributed by atoms with van der Waals surface area (Å²) in [6, 6.07) is 0.995. The molecule has 5 nitrogen and oxygen atoms in total. The molecule has 0 aliphatic rings. The zero-order valence-electron chi connectivity index (χ0n) is 6.78. The van der Waals surface area contributed by atoms with Crippen LogP contribution in [-0.2, 0) is 9.05 Å². The average Bonchev–Trinajstić information content (AvgIpc) is 2.06. The highest BCUT2D eigenvalue weighted by Crippen LogP contribution is 2.31. The van der Waals surface area contributed by atoms with Gasteiger partial charge < -0.3 is 0 Å². The van der Waals surface area contributed by atoms with Gasteiger partial charge in [0.05, 0.1) is 16.0 Å². The number of halogens is 3. The van der Waals surface area contributed by atoms with Crippen molar-refractivity contribution in [2.45, 2.75) is 4.90 Å². The molecular weight excluding hydrogens is 272 g/mol. The van der Waals surface area contributed by atoms with Crippen molar-refractivity contribution in [3.05, 3.63) is 33.1 Å². The molecule has 0 saturated carbocycles. The van der Waals surface area contributed by atoms with Crippen LogP contribution in [0.1, 0.15) is 0 Å². The molecule has 0 saturated heterocycles. The second-order valence-corrected chi connectivity index (χ2v) is 5.37. The van der Waals surface area contributed by atoms with Crippen LogP contribution in [0, 0.1) is 15.9 Å². The molecule has 0 amide bonds. The maximum absolute atomic E-state index is 12.8. The van der Waals surface area contributed by atoms with Crippen LogP contribution in [0.5, 0.6) is 0 Å². The van der Waals surface area contributed by atoms with Crippen LogP contribution in [-0.4, -0.2) is 13.3 Å². The molecule has 0 aliphatic heterocycles. The second-order valence-electron chi connectivity index (χ2n) is 2.43. The first kappa shape index (κ1) is 12.2. The SMILES string of the molecule is O=[N+]([O-])c1cc(F)c(Cl)cc1S(=O)(=O)Cl. The molecule has 15 heavy (non-hydrogen) atoms. The lowest BCUT2D eigenvalue weighted by Crippen LogP contribution is -2.00. The highest BCUT2D eigenvalue weighted by Gasteiger charge is 2.26. The quantitative estimate of drug-likeness (QED) is 0.471. The van der Waals surface area contributed by atoms with Gasteiger partial charge in [-0.05, 0) is 6.07 Å². The highest BCUT2D eigenvalue weighted by atomic mass is 35.7. The fraction of sp³-hybridized carbons (Fsp3) is 0. The lowest BCUT2D eigenvalue weighted by molar-refractivity contribution is -0.388. The third-order valence-electron chi connectivity index (χ3n) is 1.46. The Hall–Kier alpha value is -0.920. The highest BCUT2D eigenvalue weighted by molar-refractivity contribution is 8.13. The average molecular weight is 274 g/mol. The van der Waals surface area contributed by atoms with E-state index in [0.717, 1.165) is 0 Å². The van der Waals surface area contributed by atoms with Crippen molar-refractivity contribution in [3.8, 4) is 0 Å². The van der Waals surface area contributed by atoms with Crippen LogP contribution in [0.3, 0.4) is 0 Å². The summed E-state index contributed by atoms with van der Waals surface area (Å²) in [4.78, 5) is 8.51. The Labute approximate surface area is 93.0 Å². The van der Waals surface area contributed by atoms with E-state index in [1.807, 2.05) is 0 Å². The van der Waals surface area contributed by atoms with E-state index in [0.29, 0.717) is 12.1 Å². The normalized spacial score (nSPS) is 11.4. The summed E-state index contributed by atoms with van der Waals surface area (Å²) in [7, 11) is 0.580. The molecule has 0 fully saturated rings. The van der Waals surface area contributed by atoms with Crippen LogP contribution in [0.25, 0.3) is 0 Å². The topological polar surface area (TPSA) is 77.3 Å². The molecule has 0 bridgehead atoms. The van der Waals surface area contributed by atoms with Gasteiger partial charge >= 0.3 is 0 Å². The smallest absolute Gasteiger partial charge is 0.258 e. The first-order valence-electron chi connectivity index (χ1n) is 3.31. The van der Waals surface area contributed by atoms with Gasteiger partial charge in [-0.1, -0.05) is 11.6 Å². The van der Waals surface area contributed by atoms with Gasteiger partial charge in [-0.15, -0.1) is 0 Å². The fourth-order valence-electron chi connectivity index (χ4n) is 0.856. The molecule has 1 aromatic rings. The predicted octanol–water partition coefficient (Wildman–Crippen LogP) is 2.31. The molecule has 0 spiro atoms. The van der Waals surface area contributed by atoms with Crippen molar-refractivity contribution in [1.29, 1.82) is 0 Å². The first-order valence-corrected chi connectivity index (χ1v) is 6.00. The van der Waals surface area contributed by atoms with Crippen molar-refractivity contribution in [1.82, 2.24) is 0 Å². The molecule has 0 heterocycles. The third-order valence-corrected chi connectivity index (χ3v) is 3.10. The van der Waals surface area contributed by atoms with Gasteiger partial charge in [0.1, 0.15) is 5.82 Å². The summed E-state index contributed by atoms with van der Waals surface area (Å²) in [6.45, 7) is 0. The summed E-state index contributed by atoms with van der Waals surface area (Å²) >= 11 is 5.28. The minimum atomic E-state index is -4.34. The van der Waals surface area contributed by atoms with Crippen LogP contribution < -0.4 is 0 Å². The number of nitrogens with zero attached hydrogens (tertiary/aromatic N) is 1. The van der Waals surface area contributed by atoms with Gasteiger partial charge in [-0.2, -0.15) is 0 Å². The van der Waals surface area contributed by atoms with Crippen molar-refractivity contribution in [2.75, 3.05) is 0 Å². The molecule has 1 rings (SSSR count). The van der Waals surface area contributed by atoms with Gasteiger partial charge in [0.15, 0.2) is 4.90 Å². The summed E-state index contributed by atoms with van der Waals surface area (Å²) in [5, 5.41) is 9.85. The summed E-state index contributed by atoms with van der Waals surface area (Å²) in [5.74, 6) is -1.09. The van der Waals surface area contributed by atoms with Gasteiger partial charge in [-0.25, -0.2) is 12.8 Å². The molecule has 9 heteroatoms. The molecule has 0 aliphatic carbocycles. The van der Waals surface area contributed by atoms with Crippen LogP contribution in [0.4, 0.5) is 10.1 Å². The summed E-state index contributed by atoms with van der Waals surface area (Å²) in [6.07, 6.45) is 0. The van der Waals surface area contributed by atoms with Crippen molar-refractivity contribution in [2.24, 2.45) is 0 Å². The van der Waals surface area contributed by atoms with E-state index in [9.17, 15) is 22.9 Å². The molecule has 82 valence electrons. The zero-order chi connectivity index (χ0) is 11.8. The Morgan fingerprint density at radius 3 is 2.33 bits per heavy atom. The maximum atomic E-state index is 12.8. The third kappa shape index (κ3) is 2.55. The number of benzene rings is 1. The van der Waals surface area contributed by atoms with Gasteiger partial charge in [0.25, 0.3) is 14.7 Å². The van der Waals surface area contributed by atoms with Crippen molar-refractivity contribution < 1.29 is 17.7 Å². The predicted molar refractivity (Wildman–Crippen MR) is 51.1 cm³/mol. The Balaban J connectivity index is 3.64. The van der Waals surface area contributed by atoms with E-state index in [2.05, 4.69) is 0 Å². The molecule has 0 radical (unpaired) electrons. The van der Waals surface area contributed by atoms with Gasteiger partial charge in [0, 0.05) is 10.7 Å². The Kier molecular flexibility index (Phi) is 3.17. The van der Waals surface area contributed by atoms with E-state index in [1.54, 1.807) is 0 Å². The maximum Gasteiger partial charge on any atom is 0.292 e. The Bertz CT molecular complexity index is 530. The second kappa shape index (κ2) is 3.92. The Morgan fingerprint density at radius 1 is 1.40 bits per heavy atom. The minimum Gasteiger partial charge on any atom is -0.258 e.